The largest absolute Gasteiger partial charge is 0.207 e. The van der Waals surface area contributed by atoms with E-state index >= 15 is 0 Å². The van der Waals surface area contributed by atoms with Crippen molar-refractivity contribution in [3.05, 3.63) is 81.9 Å². The molecule has 3 heteroatoms. The summed E-state index contributed by atoms with van der Waals surface area (Å²) in [6, 6.07) is 9.36. The number of hydrogen-bond donors (Lipinski definition) is 0. The molecule has 0 fully saturated rings. The molecule has 1 rings (SSSR count). The fraction of sp³-hybridized carbons (Fsp3) is 0.483. The molecule has 32 heavy (non-hydrogen) atoms. The van der Waals surface area contributed by atoms with Crippen LogP contribution in [0.5, 0.6) is 0 Å². The van der Waals surface area contributed by atoms with Crippen LogP contribution in [0.2, 0.25) is 0 Å². The van der Waals surface area contributed by atoms with Gasteiger partial charge in [0.1, 0.15) is 5.82 Å². The second kappa shape index (κ2) is 16.6. The highest BCUT2D eigenvalue weighted by Crippen LogP contribution is 2.29. The summed E-state index contributed by atoms with van der Waals surface area (Å²) in [4.78, 5) is 0.891. The Morgan fingerprint density at radius 2 is 1.88 bits per heavy atom. The molecular weight excluding hydrogens is 413 g/mol. The molecule has 174 valence electrons. The van der Waals surface area contributed by atoms with Crippen LogP contribution >= 0.6 is 11.8 Å². The molecule has 2 atom stereocenters. The first-order valence-corrected chi connectivity index (χ1v) is 12.9. The smallest absolute Gasteiger partial charge is 0.123 e. The molecule has 0 bridgehead atoms. The minimum Gasteiger partial charge on any atom is -0.207 e. The van der Waals surface area contributed by atoms with Gasteiger partial charge in [0.15, 0.2) is 0 Å². The SMILES string of the molecule is C=C(/C=C(C#N)/C(=C\CC)CCCCC(CCC)c1ccc(F)cc1)S/C=C\C(C)CC. The average molecular weight is 454 g/mol. The van der Waals surface area contributed by atoms with Crippen molar-refractivity contribution in [1.82, 2.24) is 0 Å². The lowest BCUT2D eigenvalue weighted by atomic mass is 9.88. The third kappa shape index (κ3) is 11.0. The van der Waals surface area contributed by atoms with Crippen molar-refractivity contribution < 1.29 is 4.39 Å². The van der Waals surface area contributed by atoms with Gasteiger partial charge in [-0.25, -0.2) is 4.39 Å². The van der Waals surface area contributed by atoms with Crippen LogP contribution in [0.15, 0.2) is 70.5 Å². The summed E-state index contributed by atoms with van der Waals surface area (Å²) in [6.07, 6.45) is 14.7. The number of allylic oxidation sites excluding steroid dienone is 5. The lowest BCUT2D eigenvalue weighted by Gasteiger charge is -2.17. The maximum Gasteiger partial charge on any atom is 0.123 e. The number of benzene rings is 1. The van der Waals surface area contributed by atoms with Gasteiger partial charge in [-0.15, -0.1) is 0 Å². The fourth-order valence-electron chi connectivity index (χ4n) is 3.65. The monoisotopic (exact) mass is 453 g/mol. The first-order valence-electron chi connectivity index (χ1n) is 12.0. The third-order valence-electron chi connectivity index (χ3n) is 5.72. The summed E-state index contributed by atoms with van der Waals surface area (Å²) in [5.74, 6) is 0.847. The zero-order chi connectivity index (χ0) is 23.8. The Bertz CT molecular complexity index is 811. The predicted octanol–water partition coefficient (Wildman–Crippen LogP) is 9.86. The molecule has 0 aliphatic heterocycles. The Morgan fingerprint density at radius 3 is 2.47 bits per heavy atom. The molecule has 0 spiro atoms. The summed E-state index contributed by atoms with van der Waals surface area (Å²) in [5.41, 5.74) is 3.08. The van der Waals surface area contributed by atoms with Gasteiger partial charge in [-0.3, -0.25) is 0 Å². The van der Waals surface area contributed by atoms with Gasteiger partial charge in [-0.2, -0.15) is 5.26 Å². The Hall–Kier alpha value is -2.05. The normalized spacial score (nSPS) is 14.4. The number of hydrogen-bond acceptors (Lipinski definition) is 2. The molecular formula is C29H40FNS. The van der Waals surface area contributed by atoms with Crippen LogP contribution in [0.4, 0.5) is 4.39 Å². The van der Waals surface area contributed by atoms with Crippen LogP contribution in [0.1, 0.15) is 90.5 Å². The van der Waals surface area contributed by atoms with E-state index in [9.17, 15) is 9.65 Å². The predicted molar refractivity (Wildman–Crippen MR) is 140 cm³/mol. The molecule has 0 aromatic heterocycles. The van der Waals surface area contributed by atoms with E-state index in [1.807, 2.05) is 18.2 Å². The zero-order valence-electron chi connectivity index (χ0n) is 20.4. The molecule has 1 aromatic rings. The van der Waals surface area contributed by atoms with E-state index in [2.05, 4.69) is 57.9 Å². The van der Waals surface area contributed by atoms with Gasteiger partial charge in [0.25, 0.3) is 0 Å². The summed E-state index contributed by atoms with van der Waals surface area (Å²) in [6.45, 7) is 12.8. The number of unbranched alkanes of at least 4 members (excludes halogenated alkanes) is 1. The number of nitriles is 1. The van der Waals surface area contributed by atoms with Gasteiger partial charge in [0, 0.05) is 4.91 Å². The number of thioether (sulfide) groups is 1. The highest BCUT2D eigenvalue weighted by atomic mass is 32.2. The summed E-state index contributed by atoms with van der Waals surface area (Å²) < 4.78 is 13.3. The van der Waals surface area contributed by atoms with Crippen LogP contribution in [0, 0.1) is 23.1 Å². The van der Waals surface area contributed by atoms with Crippen LogP contribution in [0.3, 0.4) is 0 Å². The Kier molecular flexibility index (Phi) is 14.5. The second-order valence-corrected chi connectivity index (χ2v) is 9.42. The number of halogens is 1. The maximum absolute atomic E-state index is 13.3. The number of rotatable bonds is 15. The molecule has 0 N–H and O–H groups in total. The van der Waals surface area contributed by atoms with E-state index in [0.29, 0.717) is 11.8 Å². The molecule has 2 unspecified atom stereocenters. The maximum atomic E-state index is 13.3. The highest BCUT2D eigenvalue weighted by molar-refractivity contribution is 8.06. The minimum atomic E-state index is -0.177. The molecule has 0 radical (unpaired) electrons. The topological polar surface area (TPSA) is 23.8 Å². The van der Waals surface area contributed by atoms with E-state index in [0.717, 1.165) is 67.4 Å². The van der Waals surface area contributed by atoms with E-state index in [4.69, 9.17) is 0 Å². The van der Waals surface area contributed by atoms with Gasteiger partial charge in [-0.1, -0.05) is 89.6 Å². The number of nitrogens with zero attached hydrogens (tertiary/aromatic N) is 1. The van der Waals surface area contributed by atoms with Crippen LogP contribution in [-0.4, -0.2) is 0 Å². The van der Waals surface area contributed by atoms with E-state index < -0.39 is 0 Å². The van der Waals surface area contributed by atoms with Crippen molar-refractivity contribution in [2.45, 2.75) is 85.0 Å². The van der Waals surface area contributed by atoms with Crippen LogP contribution in [-0.2, 0) is 0 Å². The Balaban J connectivity index is 2.69. The van der Waals surface area contributed by atoms with Gasteiger partial charge in [0.2, 0.25) is 0 Å². The quantitative estimate of drug-likeness (QED) is 0.150. The van der Waals surface area contributed by atoms with Gasteiger partial charge in [0.05, 0.1) is 11.6 Å². The lowest BCUT2D eigenvalue weighted by molar-refractivity contribution is 0.530. The zero-order valence-corrected chi connectivity index (χ0v) is 21.2. The first kappa shape index (κ1) is 28.0. The molecule has 0 aliphatic rings. The highest BCUT2D eigenvalue weighted by Gasteiger charge is 2.12. The van der Waals surface area contributed by atoms with Crippen molar-refractivity contribution in [2.75, 3.05) is 0 Å². The van der Waals surface area contributed by atoms with E-state index in [1.165, 1.54) is 5.56 Å². The van der Waals surface area contributed by atoms with Crippen molar-refractivity contribution >= 4 is 11.8 Å². The average Bonchev–Trinajstić information content (AvgIpc) is 2.79. The van der Waals surface area contributed by atoms with Crippen molar-refractivity contribution in [3.63, 3.8) is 0 Å². The molecule has 0 saturated heterocycles. The molecule has 0 aliphatic carbocycles. The summed E-state index contributed by atoms with van der Waals surface area (Å²) >= 11 is 1.58. The fourth-order valence-corrected chi connectivity index (χ4v) is 4.36. The lowest BCUT2D eigenvalue weighted by Crippen LogP contribution is -1.99. The Morgan fingerprint density at radius 1 is 1.16 bits per heavy atom. The first-order chi connectivity index (χ1) is 15.4. The minimum absolute atomic E-state index is 0.177. The summed E-state index contributed by atoms with van der Waals surface area (Å²) in [7, 11) is 0. The van der Waals surface area contributed by atoms with Gasteiger partial charge >= 0.3 is 0 Å². The Labute approximate surface area is 200 Å². The van der Waals surface area contributed by atoms with E-state index in [-0.39, 0.29) is 5.82 Å². The van der Waals surface area contributed by atoms with Crippen LogP contribution in [0.25, 0.3) is 0 Å². The van der Waals surface area contributed by atoms with Crippen molar-refractivity contribution in [2.24, 2.45) is 5.92 Å². The standard InChI is InChI=1S/C29H40FNS/c1-6-11-25(27-15-17-29(30)18-16-27)13-9-10-14-26(12-7-2)28(22-31)21-24(5)32-20-19-23(4)8-3/h12,15-21,23,25H,5-11,13-14H2,1-4H3/b20-19-,26-12-,28-21+. The molecule has 0 saturated carbocycles. The van der Waals surface area contributed by atoms with Gasteiger partial charge < -0.3 is 0 Å². The second-order valence-electron chi connectivity index (χ2n) is 8.39. The molecule has 0 amide bonds. The van der Waals surface area contributed by atoms with E-state index in [1.54, 1.807) is 23.9 Å². The molecule has 0 heterocycles. The molecule has 1 aromatic carbocycles. The van der Waals surface area contributed by atoms with Gasteiger partial charge in [-0.05, 0) is 78.7 Å². The molecule has 1 nitrogen and oxygen atoms in total. The summed E-state index contributed by atoms with van der Waals surface area (Å²) in [5, 5.41) is 11.8. The van der Waals surface area contributed by atoms with Crippen LogP contribution < -0.4 is 0 Å². The van der Waals surface area contributed by atoms with Crippen molar-refractivity contribution in [1.29, 1.82) is 5.26 Å². The third-order valence-corrected chi connectivity index (χ3v) is 6.43. The van der Waals surface area contributed by atoms with Crippen molar-refractivity contribution in [3.8, 4) is 6.07 Å².